The molecule has 0 unspecified atom stereocenters. The third-order valence-electron chi connectivity index (χ3n) is 4.30. The molecule has 1 heterocycles. The first-order valence-electron chi connectivity index (χ1n) is 9.04. The summed E-state index contributed by atoms with van der Waals surface area (Å²) < 4.78 is 5.66. The van der Waals surface area contributed by atoms with Crippen molar-refractivity contribution in [2.24, 2.45) is 0 Å². The third-order valence-corrected chi connectivity index (χ3v) is 5.12. The summed E-state index contributed by atoms with van der Waals surface area (Å²) in [5.41, 5.74) is 3.17. The summed E-state index contributed by atoms with van der Waals surface area (Å²) in [7, 11) is 4.01. The average Bonchev–Trinajstić information content (AvgIpc) is 3.16. The fourth-order valence-corrected chi connectivity index (χ4v) is 3.42. The largest absolute Gasteiger partial charge is 0.411 e. The normalized spacial score (nSPS) is 12.1. The molecule has 1 aromatic heterocycles. The Morgan fingerprint density at radius 1 is 1.14 bits per heavy atom. The molecule has 3 aromatic rings. The van der Waals surface area contributed by atoms with E-state index in [1.165, 1.54) is 17.3 Å². The molecule has 3 rings (SSSR count). The summed E-state index contributed by atoms with van der Waals surface area (Å²) in [5.74, 6) is 0.621. The van der Waals surface area contributed by atoms with Gasteiger partial charge in [0.1, 0.15) is 0 Å². The maximum Gasteiger partial charge on any atom is 0.277 e. The molecule has 6 nitrogen and oxygen atoms in total. The lowest BCUT2D eigenvalue weighted by Gasteiger charge is -2.25. The van der Waals surface area contributed by atoms with Crippen LogP contribution in [0.5, 0.6) is 0 Å². The highest BCUT2D eigenvalue weighted by atomic mass is 32.2. The number of hydrogen-bond acceptors (Lipinski definition) is 6. The van der Waals surface area contributed by atoms with Crippen molar-refractivity contribution in [1.29, 1.82) is 0 Å². The second-order valence-corrected chi connectivity index (χ2v) is 7.65. The maximum absolute atomic E-state index is 12.3. The van der Waals surface area contributed by atoms with Crippen LogP contribution in [0.3, 0.4) is 0 Å². The lowest BCUT2D eigenvalue weighted by atomic mass is 10.1. The topological polar surface area (TPSA) is 71.3 Å². The Hall–Kier alpha value is -2.64. The van der Waals surface area contributed by atoms with Crippen molar-refractivity contribution in [2.75, 3.05) is 26.4 Å². The van der Waals surface area contributed by atoms with Crippen molar-refractivity contribution < 1.29 is 9.21 Å². The molecule has 28 heavy (non-hydrogen) atoms. The molecule has 0 saturated heterocycles. The number of aryl methyl sites for hydroxylation is 1. The standard InChI is InChI=1S/C21H24N4O2S/c1-15-8-7-11-17(12-15)20-23-24-21(27-20)28-14-19(26)22-13-18(25(2)3)16-9-5-4-6-10-16/h4-12,18H,13-14H2,1-3H3,(H,22,26)/t18-/m1/s1. The molecular formula is C21H24N4O2S. The number of aromatic nitrogens is 2. The van der Waals surface area contributed by atoms with Crippen LogP contribution in [0.4, 0.5) is 0 Å². The molecule has 146 valence electrons. The molecule has 0 spiro atoms. The molecule has 1 amide bonds. The van der Waals surface area contributed by atoms with Gasteiger partial charge < -0.3 is 14.6 Å². The lowest BCUT2D eigenvalue weighted by molar-refractivity contribution is -0.118. The summed E-state index contributed by atoms with van der Waals surface area (Å²) >= 11 is 1.24. The zero-order chi connectivity index (χ0) is 19.9. The predicted octanol–water partition coefficient (Wildman–Crippen LogP) is 3.56. The number of likely N-dealkylation sites (N-methyl/N-ethyl adjacent to an activating group) is 1. The summed E-state index contributed by atoms with van der Waals surface area (Å²) in [5, 5.41) is 11.5. The first kappa shape index (κ1) is 20.1. The Balaban J connectivity index is 1.52. The van der Waals surface area contributed by atoms with Gasteiger partial charge >= 0.3 is 0 Å². The number of carbonyl (C=O) groups excluding carboxylic acids is 1. The molecule has 0 radical (unpaired) electrons. The van der Waals surface area contributed by atoms with Crippen LogP contribution in [0.15, 0.2) is 64.2 Å². The van der Waals surface area contributed by atoms with E-state index in [1.54, 1.807) is 0 Å². The minimum absolute atomic E-state index is 0.0666. The molecule has 0 aliphatic rings. The van der Waals surface area contributed by atoms with Gasteiger partial charge in [-0.25, -0.2) is 0 Å². The molecule has 0 fully saturated rings. The molecular weight excluding hydrogens is 372 g/mol. The lowest BCUT2D eigenvalue weighted by Crippen LogP contribution is -2.35. The highest BCUT2D eigenvalue weighted by Crippen LogP contribution is 2.23. The van der Waals surface area contributed by atoms with Crippen molar-refractivity contribution in [1.82, 2.24) is 20.4 Å². The van der Waals surface area contributed by atoms with Gasteiger partial charge in [-0.15, -0.1) is 10.2 Å². The second-order valence-electron chi connectivity index (χ2n) is 6.73. The van der Waals surface area contributed by atoms with Gasteiger partial charge in [0.15, 0.2) is 0 Å². The van der Waals surface area contributed by atoms with Gasteiger partial charge in [0.05, 0.1) is 11.8 Å². The summed E-state index contributed by atoms with van der Waals surface area (Å²) in [6.07, 6.45) is 0. The summed E-state index contributed by atoms with van der Waals surface area (Å²) in [4.78, 5) is 14.3. The quantitative estimate of drug-likeness (QED) is 0.587. The Morgan fingerprint density at radius 2 is 1.93 bits per heavy atom. The highest BCUT2D eigenvalue weighted by Gasteiger charge is 2.16. The van der Waals surface area contributed by atoms with Crippen LogP contribution in [-0.4, -0.2) is 47.4 Å². The molecule has 2 aromatic carbocycles. The SMILES string of the molecule is Cc1cccc(-c2nnc(SCC(=O)NC[C@H](c3ccccc3)N(C)C)o2)c1. The smallest absolute Gasteiger partial charge is 0.277 e. The Morgan fingerprint density at radius 3 is 2.64 bits per heavy atom. The van der Waals surface area contributed by atoms with E-state index in [-0.39, 0.29) is 17.7 Å². The number of hydrogen-bond donors (Lipinski definition) is 1. The van der Waals surface area contributed by atoms with E-state index < -0.39 is 0 Å². The van der Waals surface area contributed by atoms with Gasteiger partial charge in [0, 0.05) is 12.1 Å². The first-order valence-corrected chi connectivity index (χ1v) is 10.0. The third kappa shape index (κ3) is 5.43. The first-order chi connectivity index (χ1) is 13.5. The van der Waals surface area contributed by atoms with Gasteiger partial charge in [-0.05, 0) is 38.7 Å². The number of rotatable bonds is 8. The molecule has 1 atom stereocenters. The van der Waals surface area contributed by atoms with Crippen molar-refractivity contribution >= 4 is 17.7 Å². The summed E-state index contributed by atoms with van der Waals surface area (Å²) in [6.45, 7) is 2.55. The Labute approximate surface area is 169 Å². The molecule has 0 aliphatic carbocycles. The van der Waals surface area contributed by atoms with E-state index >= 15 is 0 Å². The number of carbonyl (C=O) groups is 1. The molecule has 1 N–H and O–H groups in total. The zero-order valence-corrected chi connectivity index (χ0v) is 17.1. The van der Waals surface area contributed by atoms with E-state index in [1.807, 2.05) is 63.5 Å². The molecule has 0 aliphatic heterocycles. The fourth-order valence-electron chi connectivity index (χ4n) is 2.83. The van der Waals surface area contributed by atoms with E-state index in [9.17, 15) is 4.79 Å². The van der Waals surface area contributed by atoms with E-state index in [0.717, 1.165) is 11.1 Å². The molecule has 0 bridgehead atoms. The molecule has 0 saturated carbocycles. The number of thioether (sulfide) groups is 1. The van der Waals surface area contributed by atoms with Crippen LogP contribution in [0.1, 0.15) is 17.2 Å². The highest BCUT2D eigenvalue weighted by molar-refractivity contribution is 7.99. The van der Waals surface area contributed by atoms with E-state index in [4.69, 9.17) is 4.42 Å². The van der Waals surface area contributed by atoms with Crippen LogP contribution < -0.4 is 5.32 Å². The number of benzene rings is 2. The van der Waals surface area contributed by atoms with Crippen molar-refractivity contribution in [3.05, 3.63) is 65.7 Å². The fraction of sp³-hybridized carbons (Fsp3) is 0.286. The minimum atomic E-state index is -0.0666. The van der Waals surface area contributed by atoms with Crippen LogP contribution in [0.2, 0.25) is 0 Å². The van der Waals surface area contributed by atoms with Gasteiger partial charge in [0.2, 0.25) is 11.8 Å². The minimum Gasteiger partial charge on any atom is -0.411 e. The van der Waals surface area contributed by atoms with Crippen LogP contribution in [-0.2, 0) is 4.79 Å². The van der Waals surface area contributed by atoms with Crippen LogP contribution >= 0.6 is 11.8 Å². The zero-order valence-electron chi connectivity index (χ0n) is 16.3. The van der Waals surface area contributed by atoms with Crippen molar-refractivity contribution in [3.8, 4) is 11.5 Å². The molecule has 7 heteroatoms. The van der Waals surface area contributed by atoms with Gasteiger partial charge in [0.25, 0.3) is 5.22 Å². The Bertz CT molecular complexity index is 912. The maximum atomic E-state index is 12.3. The predicted molar refractivity (Wildman–Crippen MR) is 111 cm³/mol. The van der Waals surface area contributed by atoms with E-state index in [2.05, 4.69) is 32.5 Å². The number of nitrogens with one attached hydrogen (secondary N) is 1. The number of nitrogens with zero attached hydrogens (tertiary/aromatic N) is 3. The van der Waals surface area contributed by atoms with Crippen molar-refractivity contribution in [2.45, 2.75) is 18.2 Å². The summed E-state index contributed by atoms with van der Waals surface area (Å²) in [6, 6.07) is 18.1. The van der Waals surface area contributed by atoms with Gasteiger partial charge in [-0.3, -0.25) is 4.79 Å². The van der Waals surface area contributed by atoms with Gasteiger partial charge in [-0.2, -0.15) is 0 Å². The number of amides is 1. The monoisotopic (exact) mass is 396 g/mol. The van der Waals surface area contributed by atoms with Crippen LogP contribution in [0, 0.1) is 6.92 Å². The van der Waals surface area contributed by atoms with Gasteiger partial charge in [-0.1, -0.05) is 59.8 Å². The second kappa shape index (κ2) is 9.52. The van der Waals surface area contributed by atoms with E-state index in [0.29, 0.717) is 17.7 Å². The average molecular weight is 397 g/mol. The Kier molecular flexibility index (Phi) is 6.84. The van der Waals surface area contributed by atoms with Crippen molar-refractivity contribution in [3.63, 3.8) is 0 Å². The van der Waals surface area contributed by atoms with Crippen LogP contribution in [0.25, 0.3) is 11.5 Å².